The second-order valence-electron chi connectivity index (χ2n) is 9.81. The molecule has 1 aromatic heterocycles. The Morgan fingerprint density at radius 2 is 1.63 bits per heavy atom. The van der Waals surface area contributed by atoms with Crippen LogP contribution in [0.3, 0.4) is 0 Å². The molecule has 0 fully saturated rings. The maximum Gasteiger partial charge on any atom is 0.213 e. The number of aromatic nitrogens is 1. The summed E-state index contributed by atoms with van der Waals surface area (Å²) in [6.07, 6.45) is 1.78. The number of hydrogen-bond donors (Lipinski definition) is 0. The van der Waals surface area contributed by atoms with Crippen molar-refractivity contribution in [2.45, 2.75) is 91.8 Å². The fourth-order valence-corrected chi connectivity index (χ4v) is 3.86. The lowest BCUT2D eigenvalue weighted by Crippen LogP contribution is -2.28. The third kappa shape index (κ3) is 7.30. The second kappa shape index (κ2) is 10.3. The number of benzene rings is 1. The first-order chi connectivity index (χ1) is 14.0. The van der Waals surface area contributed by atoms with Gasteiger partial charge in [-0.15, -0.1) is 0 Å². The monoisotopic (exact) mass is 415 g/mol. The molecular formula is C26H38FNO2. The fourth-order valence-electron chi connectivity index (χ4n) is 3.86. The molecule has 0 saturated heterocycles. The molecule has 2 rings (SSSR count). The first kappa shape index (κ1) is 24.2. The topological polar surface area (TPSA) is 31.4 Å². The number of rotatable bonds is 10. The van der Waals surface area contributed by atoms with Crippen LogP contribution in [-0.4, -0.2) is 17.2 Å². The quantitative estimate of drug-likeness (QED) is 0.408. The van der Waals surface area contributed by atoms with Crippen LogP contribution >= 0.6 is 0 Å². The van der Waals surface area contributed by atoms with E-state index in [1.807, 2.05) is 45.0 Å². The Hall–Kier alpha value is -2.10. The van der Waals surface area contributed by atoms with Gasteiger partial charge in [-0.1, -0.05) is 47.6 Å². The second-order valence-corrected chi connectivity index (χ2v) is 9.81. The molecule has 0 aliphatic rings. The standard InChI is InChI=1S/C26H38FNO2/c1-17(2)12-19(5)30-25-11-9-10-24(28-25)26(7,8)16-20(6)29-23-14-21(18(3)4)13-22(27)15-23/h9-11,13-15,17-20H,12,16H2,1-8H3. The average Bonchev–Trinajstić information content (AvgIpc) is 2.60. The van der Waals surface area contributed by atoms with E-state index in [4.69, 9.17) is 14.5 Å². The van der Waals surface area contributed by atoms with Crippen molar-refractivity contribution in [1.29, 1.82) is 0 Å². The van der Waals surface area contributed by atoms with Gasteiger partial charge in [0, 0.05) is 17.5 Å². The number of nitrogens with zero attached hydrogens (tertiary/aromatic N) is 1. The lowest BCUT2D eigenvalue weighted by molar-refractivity contribution is 0.173. The highest BCUT2D eigenvalue weighted by Gasteiger charge is 2.26. The third-order valence-corrected chi connectivity index (χ3v) is 5.24. The molecule has 2 aromatic rings. The van der Waals surface area contributed by atoms with E-state index in [1.165, 1.54) is 6.07 Å². The Bertz CT molecular complexity index is 816. The molecule has 166 valence electrons. The predicted octanol–water partition coefficient (Wildman–Crippen LogP) is 7.29. The predicted molar refractivity (Wildman–Crippen MR) is 122 cm³/mol. The van der Waals surface area contributed by atoms with Crippen LogP contribution < -0.4 is 9.47 Å². The minimum atomic E-state index is -0.260. The first-order valence-electron chi connectivity index (χ1n) is 11.1. The van der Waals surface area contributed by atoms with Crippen LogP contribution in [0.5, 0.6) is 11.6 Å². The highest BCUT2D eigenvalue weighted by Crippen LogP contribution is 2.31. The lowest BCUT2D eigenvalue weighted by atomic mass is 9.83. The van der Waals surface area contributed by atoms with Crippen LogP contribution in [-0.2, 0) is 5.41 Å². The van der Waals surface area contributed by atoms with Crippen molar-refractivity contribution >= 4 is 0 Å². The van der Waals surface area contributed by atoms with Crippen LogP contribution in [0.15, 0.2) is 36.4 Å². The van der Waals surface area contributed by atoms with Crippen LogP contribution in [0.25, 0.3) is 0 Å². The Morgan fingerprint density at radius 3 is 2.27 bits per heavy atom. The maximum atomic E-state index is 14.0. The zero-order chi connectivity index (χ0) is 22.5. The average molecular weight is 416 g/mol. The SMILES string of the molecule is CC(C)CC(C)Oc1cccc(C(C)(C)CC(C)Oc2cc(F)cc(C(C)C)c2)n1. The summed E-state index contributed by atoms with van der Waals surface area (Å²) in [4.78, 5) is 4.77. The number of ether oxygens (including phenoxy) is 2. The summed E-state index contributed by atoms with van der Waals surface area (Å²) in [6.45, 7) is 16.9. The van der Waals surface area contributed by atoms with Gasteiger partial charge in [0.1, 0.15) is 11.6 Å². The highest BCUT2D eigenvalue weighted by molar-refractivity contribution is 5.31. The summed E-state index contributed by atoms with van der Waals surface area (Å²) >= 11 is 0. The van der Waals surface area contributed by atoms with Crippen molar-refractivity contribution < 1.29 is 13.9 Å². The van der Waals surface area contributed by atoms with Crippen LogP contribution in [0.2, 0.25) is 0 Å². The largest absolute Gasteiger partial charge is 0.491 e. The Balaban J connectivity index is 2.08. The summed E-state index contributed by atoms with van der Waals surface area (Å²) < 4.78 is 26.1. The molecule has 0 saturated carbocycles. The minimum Gasteiger partial charge on any atom is -0.491 e. The van der Waals surface area contributed by atoms with Crippen molar-refractivity contribution in [3.8, 4) is 11.6 Å². The van der Waals surface area contributed by atoms with E-state index in [0.29, 0.717) is 17.5 Å². The fraction of sp³-hybridized carbons (Fsp3) is 0.577. The molecule has 2 atom stereocenters. The number of halogens is 1. The molecule has 0 amide bonds. The Kier molecular flexibility index (Phi) is 8.28. The van der Waals surface area contributed by atoms with E-state index in [-0.39, 0.29) is 29.4 Å². The highest BCUT2D eigenvalue weighted by atomic mass is 19.1. The maximum absolute atomic E-state index is 14.0. The zero-order valence-electron chi connectivity index (χ0n) is 19.8. The van der Waals surface area contributed by atoms with Crippen LogP contribution in [0.1, 0.15) is 85.4 Å². The first-order valence-corrected chi connectivity index (χ1v) is 11.1. The molecular weight excluding hydrogens is 377 g/mol. The summed E-state index contributed by atoms with van der Waals surface area (Å²) in [5, 5.41) is 0. The van der Waals surface area contributed by atoms with E-state index >= 15 is 0 Å². The molecule has 2 unspecified atom stereocenters. The summed E-state index contributed by atoms with van der Waals surface area (Å²) in [6, 6.07) is 10.9. The van der Waals surface area contributed by atoms with E-state index in [9.17, 15) is 4.39 Å². The molecule has 3 nitrogen and oxygen atoms in total. The lowest BCUT2D eigenvalue weighted by Gasteiger charge is -2.28. The molecule has 0 N–H and O–H groups in total. The Morgan fingerprint density at radius 1 is 0.933 bits per heavy atom. The molecule has 0 bridgehead atoms. The van der Waals surface area contributed by atoms with Gasteiger partial charge in [-0.2, -0.15) is 0 Å². The smallest absolute Gasteiger partial charge is 0.213 e. The molecule has 1 heterocycles. The molecule has 0 aliphatic heterocycles. The van der Waals surface area contributed by atoms with Gasteiger partial charge in [0.05, 0.1) is 17.9 Å². The summed E-state index contributed by atoms with van der Waals surface area (Å²) in [5.74, 6) is 1.81. The van der Waals surface area contributed by atoms with E-state index < -0.39 is 0 Å². The van der Waals surface area contributed by atoms with E-state index in [0.717, 1.165) is 24.1 Å². The molecule has 1 aromatic carbocycles. The molecule has 0 spiro atoms. The third-order valence-electron chi connectivity index (χ3n) is 5.24. The molecule has 0 radical (unpaired) electrons. The van der Waals surface area contributed by atoms with Crippen molar-refractivity contribution in [2.24, 2.45) is 5.92 Å². The zero-order valence-corrected chi connectivity index (χ0v) is 19.8. The van der Waals surface area contributed by atoms with Crippen LogP contribution in [0, 0.1) is 11.7 Å². The van der Waals surface area contributed by atoms with E-state index in [2.05, 4.69) is 34.6 Å². The van der Waals surface area contributed by atoms with Gasteiger partial charge in [-0.25, -0.2) is 9.37 Å². The molecule has 0 aliphatic carbocycles. The van der Waals surface area contributed by atoms with Gasteiger partial charge in [-0.3, -0.25) is 0 Å². The van der Waals surface area contributed by atoms with Gasteiger partial charge >= 0.3 is 0 Å². The molecule has 30 heavy (non-hydrogen) atoms. The van der Waals surface area contributed by atoms with Crippen molar-refractivity contribution in [1.82, 2.24) is 4.98 Å². The van der Waals surface area contributed by atoms with Gasteiger partial charge in [-0.05, 0) is 62.3 Å². The van der Waals surface area contributed by atoms with Gasteiger partial charge in [0.25, 0.3) is 0 Å². The van der Waals surface area contributed by atoms with Gasteiger partial charge < -0.3 is 9.47 Å². The minimum absolute atomic E-state index is 0.0898. The van der Waals surface area contributed by atoms with Crippen LogP contribution in [0.4, 0.5) is 4.39 Å². The van der Waals surface area contributed by atoms with Gasteiger partial charge in [0.15, 0.2) is 0 Å². The molecule has 4 heteroatoms. The summed E-state index contributed by atoms with van der Waals surface area (Å²) in [7, 11) is 0. The normalized spacial score (nSPS) is 14.1. The van der Waals surface area contributed by atoms with Crippen molar-refractivity contribution in [3.05, 3.63) is 53.5 Å². The van der Waals surface area contributed by atoms with E-state index in [1.54, 1.807) is 6.07 Å². The Labute approximate surface area is 182 Å². The van der Waals surface area contributed by atoms with Crippen molar-refractivity contribution in [2.75, 3.05) is 0 Å². The van der Waals surface area contributed by atoms with Crippen molar-refractivity contribution in [3.63, 3.8) is 0 Å². The summed E-state index contributed by atoms with van der Waals surface area (Å²) in [5.41, 5.74) is 1.70. The number of pyridine rings is 1. The van der Waals surface area contributed by atoms with Gasteiger partial charge in [0.2, 0.25) is 5.88 Å². The number of hydrogen-bond acceptors (Lipinski definition) is 3.